The van der Waals surface area contributed by atoms with E-state index in [1.54, 1.807) is 7.11 Å². The lowest BCUT2D eigenvalue weighted by atomic mass is 9.96. The molecule has 118 valence electrons. The van der Waals surface area contributed by atoms with Crippen LogP contribution in [-0.2, 0) is 9.47 Å². The summed E-state index contributed by atoms with van der Waals surface area (Å²) < 4.78 is 11.0. The topological polar surface area (TPSA) is 54.3 Å². The quantitative estimate of drug-likeness (QED) is 0.592. The van der Waals surface area contributed by atoms with Gasteiger partial charge >= 0.3 is 0 Å². The molecule has 20 heavy (non-hydrogen) atoms. The molecule has 0 amide bonds. The number of ether oxygens (including phenoxy) is 2. The predicted octanol–water partition coefficient (Wildman–Crippen LogP) is 3.27. The van der Waals surface area contributed by atoms with E-state index in [9.17, 15) is 5.26 Å². The van der Waals surface area contributed by atoms with Crippen molar-refractivity contribution in [1.82, 2.24) is 5.32 Å². The summed E-state index contributed by atoms with van der Waals surface area (Å²) in [5.41, 5.74) is -0.535. The van der Waals surface area contributed by atoms with Gasteiger partial charge in [-0.15, -0.1) is 0 Å². The van der Waals surface area contributed by atoms with Crippen LogP contribution in [0.1, 0.15) is 60.3 Å². The standard InChI is InChI=1S/C16H32N2O2/c1-14(2)18-16(5,13-17)9-7-8-11-20-12-10-15(3,4)19-6/h14,18H,7-12H2,1-6H3. The van der Waals surface area contributed by atoms with Gasteiger partial charge in [-0.1, -0.05) is 0 Å². The van der Waals surface area contributed by atoms with Crippen molar-refractivity contribution < 1.29 is 9.47 Å². The van der Waals surface area contributed by atoms with E-state index >= 15 is 0 Å². The second-order valence-corrected chi connectivity index (χ2v) is 6.53. The molecule has 4 nitrogen and oxygen atoms in total. The highest BCUT2D eigenvalue weighted by molar-refractivity contribution is 5.04. The fraction of sp³-hybridized carbons (Fsp3) is 0.938. The van der Waals surface area contributed by atoms with Gasteiger partial charge in [-0.2, -0.15) is 5.26 Å². The van der Waals surface area contributed by atoms with Crippen molar-refractivity contribution in [2.45, 2.75) is 77.5 Å². The molecule has 0 heterocycles. The van der Waals surface area contributed by atoms with E-state index in [0.29, 0.717) is 6.04 Å². The zero-order valence-electron chi connectivity index (χ0n) is 14.1. The van der Waals surface area contributed by atoms with Crippen LogP contribution >= 0.6 is 0 Å². The van der Waals surface area contributed by atoms with E-state index in [-0.39, 0.29) is 5.60 Å². The zero-order chi connectivity index (χ0) is 15.6. The Labute approximate surface area is 124 Å². The first-order chi connectivity index (χ1) is 9.24. The van der Waals surface area contributed by atoms with Crippen LogP contribution in [0.5, 0.6) is 0 Å². The van der Waals surface area contributed by atoms with E-state index in [1.165, 1.54) is 0 Å². The number of hydrogen-bond donors (Lipinski definition) is 1. The molecule has 0 aromatic carbocycles. The molecule has 0 saturated heterocycles. The summed E-state index contributed by atoms with van der Waals surface area (Å²) in [4.78, 5) is 0. The molecule has 0 aromatic rings. The van der Waals surface area contributed by atoms with E-state index in [2.05, 4.69) is 39.1 Å². The normalized spacial score (nSPS) is 15.1. The van der Waals surface area contributed by atoms with Gasteiger partial charge in [0.15, 0.2) is 0 Å². The van der Waals surface area contributed by atoms with Gasteiger partial charge in [0.1, 0.15) is 5.54 Å². The number of nitriles is 1. The Morgan fingerprint density at radius 3 is 2.25 bits per heavy atom. The number of nitrogens with zero attached hydrogens (tertiary/aromatic N) is 1. The molecule has 0 aromatic heterocycles. The Morgan fingerprint density at radius 2 is 1.75 bits per heavy atom. The molecule has 0 aliphatic rings. The SMILES string of the molecule is COC(C)(C)CCOCCCCC(C)(C#N)NC(C)C. The Morgan fingerprint density at radius 1 is 1.10 bits per heavy atom. The van der Waals surface area contributed by atoms with Crippen LogP contribution in [0.25, 0.3) is 0 Å². The van der Waals surface area contributed by atoms with Crippen LogP contribution < -0.4 is 5.32 Å². The first-order valence-corrected chi connectivity index (χ1v) is 7.56. The van der Waals surface area contributed by atoms with Gasteiger partial charge in [0.05, 0.1) is 11.7 Å². The minimum absolute atomic E-state index is 0.111. The fourth-order valence-corrected chi connectivity index (χ4v) is 2.00. The van der Waals surface area contributed by atoms with E-state index in [4.69, 9.17) is 9.47 Å². The minimum Gasteiger partial charge on any atom is -0.381 e. The number of hydrogen-bond acceptors (Lipinski definition) is 4. The maximum atomic E-state index is 9.23. The van der Waals surface area contributed by atoms with Crippen LogP contribution in [0.4, 0.5) is 0 Å². The predicted molar refractivity (Wildman–Crippen MR) is 82.7 cm³/mol. The second-order valence-electron chi connectivity index (χ2n) is 6.53. The Bertz CT molecular complexity index is 297. The molecule has 0 fully saturated rings. The summed E-state index contributed by atoms with van der Waals surface area (Å²) in [6.45, 7) is 11.7. The average molecular weight is 284 g/mol. The van der Waals surface area contributed by atoms with Gasteiger partial charge in [0.25, 0.3) is 0 Å². The van der Waals surface area contributed by atoms with Gasteiger partial charge in [-0.3, -0.25) is 5.32 Å². The first-order valence-electron chi connectivity index (χ1n) is 7.56. The maximum Gasteiger partial charge on any atom is 0.104 e. The molecule has 0 radical (unpaired) electrons. The maximum absolute atomic E-state index is 9.23. The summed E-state index contributed by atoms with van der Waals surface area (Å²) >= 11 is 0. The molecule has 0 spiro atoms. The van der Waals surface area contributed by atoms with Crippen LogP contribution in [0.3, 0.4) is 0 Å². The third kappa shape index (κ3) is 9.30. The van der Waals surface area contributed by atoms with Gasteiger partial charge in [-0.05, 0) is 60.3 Å². The smallest absolute Gasteiger partial charge is 0.104 e. The Balaban J connectivity index is 3.69. The number of rotatable bonds is 11. The molecule has 0 saturated carbocycles. The van der Waals surface area contributed by atoms with Crippen molar-refractivity contribution in [1.29, 1.82) is 5.26 Å². The van der Waals surface area contributed by atoms with E-state index in [0.717, 1.165) is 38.9 Å². The zero-order valence-corrected chi connectivity index (χ0v) is 14.1. The van der Waals surface area contributed by atoms with Gasteiger partial charge in [0, 0.05) is 26.4 Å². The van der Waals surface area contributed by atoms with Gasteiger partial charge in [0.2, 0.25) is 0 Å². The first kappa shape index (κ1) is 19.4. The summed E-state index contributed by atoms with van der Waals surface area (Å²) in [7, 11) is 1.73. The van der Waals surface area contributed by atoms with Crippen LogP contribution in [0, 0.1) is 11.3 Å². The summed E-state index contributed by atoms with van der Waals surface area (Å²) in [5.74, 6) is 0. The fourth-order valence-electron chi connectivity index (χ4n) is 2.00. The molecular formula is C16H32N2O2. The monoisotopic (exact) mass is 284 g/mol. The molecular weight excluding hydrogens is 252 g/mol. The van der Waals surface area contributed by atoms with Crippen LogP contribution in [0.15, 0.2) is 0 Å². The van der Waals surface area contributed by atoms with Crippen LogP contribution in [0.2, 0.25) is 0 Å². The van der Waals surface area contributed by atoms with Crippen molar-refractivity contribution in [3.63, 3.8) is 0 Å². The molecule has 0 aliphatic heterocycles. The lowest BCUT2D eigenvalue weighted by molar-refractivity contribution is -0.0102. The number of nitrogens with one attached hydrogen (secondary N) is 1. The van der Waals surface area contributed by atoms with Crippen molar-refractivity contribution in [2.24, 2.45) is 0 Å². The largest absolute Gasteiger partial charge is 0.381 e. The minimum atomic E-state index is -0.424. The second kappa shape index (κ2) is 9.33. The summed E-state index contributed by atoms with van der Waals surface area (Å²) in [6, 6.07) is 2.70. The highest BCUT2D eigenvalue weighted by Crippen LogP contribution is 2.15. The highest BCUT2D eigenvalue weighted by atomic mass is 16.5. The van der Waals surface area contributed by atoms with E-state index in [1.807, 2.05) is 6.92 Å². The van der Waals surface area contributed by atoms with Crippen molar-refractivity contribution in [2.75, 3.05) is 20.3 Å². The lowest BCUT2D eigenvalue weighted by Crippen LogP contribution is -2.44. The summed E-state index contributed by atoms with van der Waals surface area (Å²) in [6.07, 6.45) is 3.74. The van der Waals surface area contributed by atoms with Gasteiger partial charge < -0.3 is 9.47 Å². The summed E-state index contributed by atoms with van der Waals surface area (Å²) in [5, 5.41) is 12.6. The lowest BCUT2D eigenvalue weighted by Gasteiger charge is -2.26. The average Bonchev–Trinajstić information content (AvgIpc) is 2.36. The third-order valence-corrected chi connectivity index (χ3v) is 3.47. The molecule has 0 rings (SSSR count). The van der Waals surface area contributed by atoms with Crippen molar-refractivity contribution >= 4 is 0 Å². The Kier molecular flexibility index (Phi) is 9.04. The molecule has 0 aliphatic carbocycles. The number of methoxy groups -OCH3 is 1. The van der Waals surface area contributed by atoms with Crippen LogP contribution in [-0.4, -0.2) is 37.5 Å². The molecule has 1 unspecified atom stereocenters. The number of unbranched alkanes of at least 4 members (excludes halogenated alkanes) is 1. The molecule has 4 heteroatoms. The highest BCUT2D eigenvalue weighted by Gasteiger charge is 2.23. The van der Waals surface area contributed by atoms with E-state index < -0.39 is 5.54 Å². The molecule has 1 atom stereocenters. The Hall–Kier alpha value is -0.630. The molecule has 1 N–H and O–H groups in total. The van der Waals surface area contributed by atoms with Crippen molar-refractivity contribution in [3.05, 3.63) is 0 Å². The van der Waals surface area contributed by atoms with Gasteiger partial charge in [-0.25, -0.2) is 0 Å². The van der Waals surface area contributed by atoms with Crippen molar-refractivity contribution in [3.8, 4) is 6.07 Å². The third-order valence-electron chi connectivity index (χ3n) is 3.47. The molecule has 0 bridgehead atoms.